The second-order valence-electron chi connectivity index (χ2n) is 4.58. The molecule has 1 amide bonds. The van der Waals surface area contributed by atoms with E-state index in [2.05, 4.69) is 10.1 Å². The fourth-order valence-electron chi connectivity index (χ4n) is 2.10. The number of hydrogen-bond acceptors (Lipinski definition) is 5. The van der Waals surface area contributed by atoms with Gasteiger partial charge in [0.15, 0.2) is 0 Å². The maximum Gasteiger partial charge on any atom is 0.326 e. The lowest BCUT2D eigenvalue weighted by Crippen LogP contribution is -2.44. The third-order valence-corrected chi connectivity index (χ3v) is 4.41. The minimum atomic E-state index is -1.28. The average Bonchev–Trinajstić information content (AvgIpc) is 2.90. The Bertz CT molecular complexity index is 574. The molecule has 112 valence electrons. The van der Waals surface area contributed by atoms with Gasteiger partial charge in [0.2, 0.25) is 5.91 Å². The van der Waals surface area contributed by atoms with Gasteiger partial charge in [-0.25, -0.2) is 4.79 Å². The van der Waals surface area contributed by atoms with Crippen molar-refractivity contribution in [3.8, 4) is 0 Å². The average molecular weight is 309 g/mol. The van der Waals surface area contributed by atoms with Crippen LogP contribution in [0.3, 0.4) is 0 Å². The van der Waals surface area contributed by atoms with Gasteiger partial charge in [-0.1, -0.05) is 18.2 Å². The smallest absolute Gasteiger partial charge is 0.326 e. The zero-order chi connectivity index (χ0) is 15.4. The summed E-state index contributed by atoms with van der Waals surface area (Å²) in [4.78, 5) is 35.6. The Morgan fingerprint density at radius 3 is 2.81 bits per heavy atom. The summed E-state index contributed by atoms with van der Waals surface area (Å²) in [6, 6.07) is 6.24. The molecule has 0 aromatic heterocycles. The lowest BCUT2D eigenvalue weighted by molar-refractivity contribution is -0.148. The Balaban J connectivity index is 2.06. The number of esters is 1. The number of carboxylic acids is 1. The first-order valence-corrected chi connectivity index (χ1v) is 7.33. The topological polar surface area (TPSA) is 92.7 Å². The summed E-state index contributed by atoms with van der Waals surface area (Å²) in [5.74, 6) is -2.15. The molecular weight excluding hydrogens is 294 g/mol. The van der Waals surface area contributed by atoms with Crippen LogP contribution in [-0.2, 0) is 19.1 Å². The van der Waals surface area contributed by atoms with Gasteiger partial charge in [-0.05, 0) is 11.6 Å². The van der Waals surface area contributed by atoms with E-state index in [1.807, 2.05) is 24.3 Å². The van der Waals surface area contributed by atoms with Crippen molar-refractivity contribution >= 4 is 29.6 Å². The van der Waals surface area contributed by atoms with Crippen LogP contribution >= 0.6 is 11.8 Å². The Hall–Kier alpha value is -2.02. The first-order chi connectivity index (χ1) is 10.0. The van der Waals surface area contributed by atoms with E-state index in [1.54, 1.807) is 11.8 Å². The van der Waals surface area contributed by atoms with Gasteiger partial charge in [-0.3, -0.25) is 9.59 Å². The lowest BCUT2D eigenvalue weighted by atomic mass is 10.00. The van der Waals surface area contributed by atoms with Crippen LogP contribution in [0.1, 0.15) is 17.9 Å². The number of fused-ring (bicyclic) bond motifs is 1. The molecule has 0 bridgehead atoms. The van der Waals surface area contributed by atoms with Crippen LogP contribution in [0.25, 0.3) is 0 Å². The third kappa shape index (κ3) is 3.55. The van der Waals surface area contributed by atoms with E-state index < -0.39 is 23.9 Å². The SMILES string of the molecule is COC(=O)C[C@H](NC(=O)C1CSc2ccccc21)C(=O)O. The first kappa shape index (κ1) is 15.4. The van der Waals surface area contributed by atoms with Crippen molar-refractivity contribution in [1.29, 1.82) is 0 Å². The summed E-state index contributed by atoms with van der Waals surface area (Å²) in [7, 11) is 1.17. The molecule has 1 unspecified atom stereocenters. The fourth-order valence-corrected chi connectivity index (χ4v) is 3.33. The predicted octanol–water partition coefficient (Wildman–Crippen LogP) is 1.01. The van der Waals surface area contributed by atoms with Gasteiger partial charge in [-0.2, -0.15) is 0 Å². The van der Waals surface area contributed by atoms with Crippen molar-refractivity contribution in [2.45, 2.75) is 23.3 Å². The molecule has 2 atom stereocenters. The summed E-state index contributed by atoms with van der Waals surface area (Å²) in [6.45, 7) is 0. The summed E-state index contributed by atoms with van der Waals surface area (Å²) < 4.78 is 4.44. The van der Waals surface area contributed by atoms with E-state index in [9.17, 15) is 14.4 Å². The van der Waals surface area contributed by atoms with Crippen molar-refractivity contribution in [2.24, 2.45) is 0 Å². The molecule has 0 saturated heterocycles. The largest absolute Gasteiger partial charge is 0.480 e. The van der Waals surface area contributed by atoms with Crippen LogP contribution in [0.2, 0.25) is 0 Å². The molecular formula is C14H15NO5S. The lowest BCUT2D eigenvalue weighted by Gasteiger charge is -2.16. The number of benzene rings is 1. The molecule has 1 heterocycles. The van der Waals surface area contributed by atoms with Gasteiger partial charge >= 0.3 is 11.9 Å². The molecule has 0 aliphatic carbocycles. The molecule has 0 radical (unpaired) electrons. The minimum absolute atomic E-state index is 0.385. The van der Waals surface area contributed by atoms with Crippen molar-refractivity contribution in [3.05, 3.63) is 29.8 Å². The predicted molar refractivity (Wildman–Crippen MR) is 76.1 cm³/mol. The van der Waals surface area contributed by atoms with E-state index >= 15 is 0 Å². The number of aliphatic carboxylic acids is 1. The summed E-state index contributed by atoms with van der Waals surface area (Å²) >= 11 is 1.56. The first-order valence-electron chi connectivity index (χ1n) is 6.34. The van der Waals surface area contributed by atoms with E-state index in [-0.39, 0.29) is 12.3 Å². The van der Waals surface area contributed by atoms with Gasteiger partial charge in [-0.15, -0.1) is 11.8 Å². The number of thioether (sulfide) groups is 1. The van der Waals surface area contributed by atoms with Gasteiger partial charge in [0.05, 0.1) is 19.4 Å². The zero-order valence-electron chi connectivity index (χ0n) is 11.4. The summed E-state index contributed by atoms with van der Waals surface area (Å²) in [5.41, 5.74) is 0.891. The highest BCUT2D eigenvalue weighted by Crippen LogP contribution is 2.39. The normalized spacial score (nSPS) is 17.7. The molecule has 0 fully saturated rings. The van der Waals surface area contributed by atoms with Crippen molar-refractivity contribution in [1.82, 2.24) is 5.32 Å². The highest BCUT2D eigenvalue weighted by atomic mass is 32.2. The number of ether oxygens (including phenoxy) is 1. The number of nitrogens with one attached hydrogen (secondary N) is 1. The van der Waals surface area contributed by atoms with E-state index in [4.69, 9.17) is 5.11 Å². The van der Waals surface area contributed by atoms with Gasteiger partial charge in [0.25, 0.3) is 0 Å². The third-order valence-electron chi connectivity index (χ3n) is 3.23. The highest BCUT2D eigenvalue weighted by Gasteiger charge is 2.32. The van der Waals surface area contributed by atoms with E-state index in [0.717, 1.165) is 10.5 Å². The van der Waals surface area contributed by atoms with Crippen LogP contribution in [0, 0.1) is 0 Å². The molecule has 2 N–H and O–H groups in total. The van der Waals surface area contributed by atoms with E-state index in [1.165, 1.54) is 7.11 Å². The number of carbonyl (C=O) groups excluding carboxylic acids is 2. The van der Waals surface area contributed by atoms with Crippen LogP contribution < -0.4 is 5.32 Å². The standard InChI is InChI=1S/C14H15NO5S/c1-20-12(16)6-10(14(18)19)15-13(17)9-7-21-11-5-3-2-4-8(9)11/h2-5,9-10H,6-7H2,1H3,(H,15,17)(H,18,19)/t9?,10-/m0/s1. The number of methoxy groups -OCH3 is 1. The molecule has 7 heteroatoms. The molecule has 1 aliphatic rings. The molecule has 1 aromatic carbocycles. The summed E-state index contributed by atoms with van der Waals surface area (Å²) in [5, 5.41) is 11.5. The number of carboxylic acid groups (broad SMARTS) is 1. The van der Waals surface area contributed by atoms with E-state index in [0.29, 0.717) is 5.75 Å². The number of rotatable bonds is 5. The fraction of sp³-hybridized carbons (Fsp3) is 0.357. The Morgan fingerprint density at radius 2 is 2.14 bits per heavy atom. The quantitative estimate of drug-likeness (QED) is 0.789. The highest BCUT2D eigenvalue weighted by molar-refractivity contribution is 7.99. The maximum atomic E-state index is 12.3. The van der Waals surface area contributed by atoms with Gasteiger partial charge in [0.1, 0.15) is 6.04 Å². The Labute approximate surface area is 125 Å². The number of hydrogen-bond donors (Lipinski definition) is 2. The monoisotopic (exact) mass is 309 g/mol. The summed E-state index contributed by atoms with van der Waals surface area (Å²) in [6.07, 6.45) is -0.390. The van der Waals surface area contributed by atoms with Crippen molar-refractivity contribution in [2.75, 3.05) is 12.9 Å². The van der Waals surface area contributed by atoms with Gasteiger partial charge in [0, 0.05) is 10.6 Å². The van der Waals surface area contributed by atoms with Crippen molar-refractivity contribution in [3.63, 3.8) is 0 Å². The zero-order valence-corrected chi connectivity index (χ0v) is 12.2. The second-order valence-corrected chi connectivity index (χ2v) is 5.64. The molecule has 2 rings (SSSR count). The molecule has 1 aromatic rings. The van der Waals surface area contributed by atoms with Crippen LogP contribution in [0.15, 0.2) is 29.2 Å². The number of amides is 1. The Morgan fingerprint density at radius 1 is 1.43 bits per heavy atom. The van der Waals surface area contributed by atoms with Gasteiger partial charge < -0.3 is 15.2 Å². The molecule has 21 heavy (non-hydrogen) atoms. The van der Waals surface area contributed by atoms with Crippen LogP contribution in [0.5, 0.6) is 0 Å². The molecule has 0 saturated carbocycles. The Kier molecular flexibility index (Phi) is 4.85. The molecule has 6 nitrogen and oxygen atoms in total. The van der Waals surface area contributed by atoms with Crippen LogP contribution in [-0.4, -0.2) is 41.9 Å². The second kappa shape index (κ2) is 6.62. The van der Waals surface area contributed by atoms with Crippen LogP contribution in [0.4, 0.5) is 0 Å². The molecule has 1 aliphatic heterocycles. The minimum Gasteiger partial charge on any atom is -0.480 e. The van der Waals surface area contributed by atoms with Crippen molar-refractivity contribution < 1.29 is 24.2 Å². The maximum absolute atomic E-state index is 12.3. The molecule has 0 spiro atoms. The number of carbonyl (C=O) groups is 3.